The lowest BCUT2D eigenvalue weighted by Crippen LogP contribution is -2.42. The van der Waals surface area contributed by atoms with E-state index in [-0.39, 0.29) is 24.3 Å². The largest absolute Gasteiger partial charge is 0.359 e. The molecule has 0 bridgehead atoms. The van der Waals surface area contributed by atoms with Gasteiger partial charge in [0, 0.05) is 58.5 Å². The van der Waals surface area contributed by atoms with Crippen molar-refractivity contribution in [2.75, 3.05) is 33.2 Å². The van der Waals surface area contributed by atoms with Crippen LogP contribution in [0.2, 0.25) is 0 Å². The van der Waals surface area contributed by atoms with E-state index in [1.807, 2.05) is 0 Å². The first-order chi connectivity index (χ1) is 12.0. The second-order valence-electron chi connectivity index (χ2n) is 6.63. The third-order valence-electron chi connectivity index (χ3n) is 4.73. The van der Waals surface area contributed by atoms with Gasteiger partial charge in [0.25, 0.3) is 5.91 Å². The van der Waals surface area contributed by atoms with Crippen molar-refractivity contribution in [2.24, 2.45) is 5.92 Å². The Morgan fingerprint density at radius 2 is 1.68 bits per heavy atom. The molecule has 1 saturated carbocycles. The summed E-state index contributed by atoms with van der Waals surface area (Å²) in [6.45, 7) is 2.86. The zero-order chi connectivity index (χ0) is 18.0. The highest BCUT2D eigenvalue weighted by Gasteiger charge is 2.31. The van der Waals surface area contributed by atoms with Gasteiger partial charge in [-0.25, -0.2) is 9.97 Å². The van der Waals surface area contributed by atoms with E-state index in [0.29, 0.717) is 31.1 Å². The van der Waals surface area contributed by atoms with Gasteiger partial charge in [-0.15, -0.1) is 0 Å². The van der Waals surface area contributed by atoms with Crippen molar-refractivity contribution < 1.29 is 14.4 Å². The molecular formula is C17H23N5O3. The molecule has 2 fully saturated rings. The van der Waals surface area contributed by atoms with E-state index >= 15 is 0 Å². The number of carbonyl (C=O) groups excluding carboxylic acids is 3. The quantitative estimate of drug-likeness (QED) is 0.833. The lowest BCUT2D eigenvalue weighted by atomic mass is 10.1. The molecule has 8 nitrogen and oxygen atoms in total. The highest BCUT2D eigenvalue weighted by atomic mass is 16.2. The van der Waals surface area contributed by atoms with Crippen LogP contribution in [0.1, 0.15) is 41.9 Å². The molecule has 134 valence electrons. The smallest absolute Gasteiger partial charge is 0.257 e. The summed E-state index contributed by atoms with van der Waals surface area (Å²) < 4.78 is 0. The second-order valence-corrected chi connectivity index (χ2v) is 6.63. The molecule has 0 radical (unpaired) electrons. The van der Waals surface area contributed by atoms with Crippen LogP contribution in [0, 0.1) is 5.92 Å². The zero-order valence-corrected chi connectivity index (χ0v) is 14.6. The number of nitrogens with zero attached hydrogens (tertiary/aromatic N) is 4. The van der Waals surface area contributed by atoms with Crippen molar-refractivity contribution in [3.63, 3.8) is 0 Å². The molecule has 0 spiro atoms. The zero-order valence-electron chi connectivity index (χ0n) is 14.6. The highest BCUT2D eigenvalue weighted by Crippen LogP contribution is 2.37. The molecule has 0 aromatic carbocycles. The molecule has 2 heterocycles. The van der Waals surface area contributed by atoms with Gasteiger partial charge < -0.3 is 15.1 Å². The van der Waals surface area contributed by atoms with Gasteiger partial charge in [0.15, 0.2) is 0 Å². The fourth-order valence-electron chi connectivity index (χ4n) is 3.04. The number of hydrogen-bond donors (Lipinski definition) is 1. The first kappa shape index (κ1) is 17.3. The SMILES string of the molecule is CNC(=O)[C@@H]1CN(C(C)=O)CCN(C(=O)c2cnc(C3CC3)nc2)C1. The van der Waals surface area contributed by atoms with Crippen molar-refractivity contribution in [2.45, 2.75) is 25.7 Å². The van der Waals surface area contributed by atoms with Gasteiger partial charge in [0.2, 0.25) is 11.8 Å². The number of amides is 3. The average molecular weight is 345 g/mol. The Kier molecular flexibility index (Phi) is 4.96. The van der Waals surface area contributed by atoms with Crippen molar-refractivity contribution >= 4 is 17.7 Å². The summed E-state index contributed by atoms with van der Waals surface area (Å²) in [4.78, 5) is 48.4. The van der Waals surface area contributed by atoms with Gasteiger partial charge in [-0.1, -0.05) is 0 Å². The summed E-state index contributed by atoms with van der Waals surface area (Å²) in [6.07, 6.45) is 5.33. The number of rotatable bonds is 3. The molecule has 2 aliphatic rings. The Morgan fingerprint density at radius 3 is 2.24 bits per heavy atom. The minimum atomic E-state index is -0.452. The number of nitrogens with one attached hydrogen (secondary N) is 1. The molecule has 8 heteroatoms. The second kappa shape index (κ2) is 7.16. The molecule has 25 heavy (non-hydrogen) atoms. The van der Waals surface area contributed by atoms with E-state index < -0.39 is 5.92 Å². The van der Waals surface area contributed by atoms with Gasteiger partial charge >= 0.3 is 0 Å². The molecule has 1 N–H and O–H groups in total. The maximum Gasteiger partial charge on any atom is 0.257 e. The Labute approximate surface area is 146 Å². The van der Waals surface area contributed by atoms with E-state index in [9.17, 15) is 14.4 Å². The van der Waals surface area contributed by atoms with E-state index in [1.54, 1.807) is 29.2 Å². The topological polar surface area (TPSA) is 95.5 Å². The molecule has 3 rings (SSSR count). The number of carbonyl (C=O) groups is 3. The summed E-state index contributed by atoms with van der Waals surface area (Å²) >= 11 is 0. The lowest BCUT2D eigenvalue weighted by molar-refractivity contribution is -0.130. The van der Waals surface area contributed by atoms with Gasteiger partial charge in [-0.3, -0.25) is 14.4 Å². The first-order valence-corrected chi connectivity index (χ1v) is 8.58. The predicted octanol–water partition coefficient (Wildman–Crippen LogP) is 0.0205. The van der Waals surface area contributed by atoms with Crippen LogP contribution < -0.4 is 5.32 Å². The number of aromatic nitrogens is 2. The molecule has 3 amide bonds. The number of hydrogen-bond acceptors (Lipinski definition) is 5. The Bertz CT molecular complexity index is 671. The minimum absolute atomic E-state index is 0.0969. The molecule has 1 aliphatic carbocycles. The van der Waals surface area contributed by atoms with E-state index in [2.05, 4.69) is 15.3 Å². The van der Waals surface area contributed by atoms with Crippen LogP contribution in [0.15, 0.2) is 12.4 Å². The molecule has 1 aromatic heterocycles. The van der Waals surface area contributed by atoms with Crippen LogP contribution in [-0.4, -0.2) is 70.7 Å². The van der Waals surface area contributed by atoms with E-state index in [0.717, 1.165) is 18.7 Å². The van der Waals surface area contributed by atoms with Gasteiger partial charge in [-0.05, 0) is 12.8 Å². The van der Waals surface area contributed by atoms with Crippen molar-refractivity contribution in [3.05, 3.63) is 23.8 Å². The monoisotopic (exact) mass is 345 g/mol. The third kappa shape index (κ3) is 3.94. The summed E-state index contributed by atoms with van der Waals surface area (Å²) in [5.74, 6) is 0.294. The Balaban J connectivity index is 1.75. The lowest BCUT2D eigenvalue weighted by Gasteiger charge is -2.23. The minimum Gasteiger partial charge on any atom is -0.359 e. The summed E-state index contributed by atoms with van der Waals surface area (Å²) in [5, 5.41) is 2.61. The van der Waals surface area contributed by atoms with Gasteiger partial charge in [0.05, 0.1) is 11.5 Å². The van der Waals surface area contributed by atoms with E-state index in [4.69, 9.17) is 0 Å². The summed E-state index contributed by atoms with van der Waals surface area (Å²) in [6, 6.07) is 0. The maximum atomic E-state index is 12.8. The van der Waals surface area contributed by atoms with Gasteiger partial charge in [-0.2, -0.15) is 0 Å². The van der Waals surface area contributed by atoms with E-state index in [1.165, 1.54) is 6.92 Å². The van der Waals surface area contributed by atoms with Crippen molar-refractivity contribution in [1.29, 1.82) is 0 Å². The van der Waals surface area contributed by atoms with Crippen LogP contribution in [0.3, 0.4) is 0 Å². The van der Waals surface area contributed by atoms with Crippen molar-refractivity contribution in [1.82, 2.24) is 25.1 Å². The molecule has 0 unspecified atom stereocenters. The molecule has 1 saturated heterocycles. The standard InChI is InChI=1S/C17H23N5O3/c1-11(23)21-5-6-22(10-14(9-21)16(24)18-2)17(25)13-7-19-15(20-8-13)12-3-4-12/h7-8,12,14H,3-6,9-10H2,1-2H3,(H,18,24)/t14-/m1/s1. The molecule has 1 aliphatic heterocycles. The molecule has 1 aromatic rings. The van der Waals surface area contributed by atoms with Crippen LogP contribution in [0.25, 0.3) is 0 Å². The van der Waals surface area contributed by atoms with Crippen LogP contribution in [0.4, 0.5) is 0 Å². The van der Waals surface area contributed by atoms with Crippen LogP contribution in [0.5, 0.6) is 0 Å². The maximum absolute atomic E-state index is 12.8. The van der Waals surface area contributed by atoms with Crippen LogP contribution >= 0.6 is 0 Å². The highest BCUT2D eigenvalue weighted by molar-refractivity contribution is 5.94. The first-order valence-electron chi connectivity index (χ1n) is 8.58. The summed E-state index contributed by atoms with van der Waals surface area (Å²) in [7, 11) is 1.56. The predicted molar refractivity (Wildman–Crippen MR) is 89.7 cm³/mol. The van der Waals surface area contributed by atoms with Crippen LogP contribution in [-0.2, 0) is 9.59 Å². The average Bonchev–Trinajstić information content (AvgIpc) is 3.46. The third-order valence-corrected chi connectivity index (χ3v) is 4.73. The van der Waals surface area contributed by atoms with Gasteiger partial charge in [0.1, 0.15) is 5.82 Å². The normalized spacial score (nSPS) is 20.8. The van der Waals surface area contributed by atoms with Crippen molar-refractivity contribution in [3.8, 4) is 0 Å². The molecule has 1 atom stereocenters. The Morgan fingerprint density at radius 1 is 1.08 bits per heavy atom. The molecular weight excluding hydrogens is 322 g/mol. The fraction of sp³-hybridized carbons (Fsp3) is 0.588. The summed E-state index contributed by atoms with van der Waals surface area (Å²) in [5.41, 5.74) is 0.413. The Hall–Kier alpha value is -2.51. The fourth-order valence-corrected chi connectivity index (χ4v) is 3.04.